The summed E-state index contributed by atoms with van der Waals surface area (Å²) in [6.07, 6.45) is 2.04. The van der Waals surface area contributed by atoms with Gasteiger partial charge in [-0.15, -0.1) is 0 Å². The van der Waals surface area contributed by atoms with Crippen molar-refractivity contribution in [2.75, 3.05) is 13.2 Å². The van der Waals surface area contributed by atoms with E-state index in [0.29, 0.717) is 19.1 Å². The van der Waals surface area contributed by atoms with E-state index in [1.54, 1.807) is 0 Å². The average molecular weight is 148 g/mol. The van der Waals surface area contributed by atoms with Crippen molar-refractivity contribution < 1.29 is 10.2 Å². The molecule has 2 nitrogen and oxygen atoms in total. The van der Waals surface area contributed by atoms with E-state index in [9.17, 15) is 0 Å². The van der Waals surface area contributed by atoms with Crippen LogP contribution in [0.15, 0.2) is 0 Å². The van der Waals surface area contributed by atoms with Gasteiger partial charge in [0.25, 0.3) is 0 Å². The Bertz CT molecular complexity index is 42.5. The maximum absolute atomic E-state index is 8.14. The SMILES string of the molecule is CC(C)CO.CCCCO. The quantitative estimate of drug-likeness (QED) is 0.635. The highest BCUT2D eigenvalue weighted by molar-refractivity contribution is 4.32. The van der Waals surface area contributed by atoms with Crippen LogP contribution < -0.4 is 0 Å². The molecule has 0 spiro atoms. The zero-order chi connectivity index (χ0) is 8.41. The molecular weight excluding hydrogens is 128 g/mol. The highest BCUT2D eigenvalue weighted by atomic mass is 16.3. The lowest BCUT2D eigenvalue weighted by molar-refractivity contribution is 0.248. The summed E-state index contributed by atoms with van der Waals surface area (Å²) in [4.78, 5) is 0. The predicted molar refractivity (Wildman–Crippen MR) is 43.9 cm³/mol. The molecule has 0 amide bonds. The molecule has 0 aromatic heterocycles. The number of hydrogen-bond acceptors (Lipinski definition) is 2. The monoisotopic (exact) mass is 148 g/mol. The van der Waals surface area contributed by atoms with Gasteiger partial charge in [0.15, 0.2) is 0 Å². The van der Waals surface area contributed by atoms with Gasteiger partial charge in [-0.25, -0.2) is 0 Å². The van der Waals surface area contributed by atoms with E-state index in [-0.39, 0.29) is 0 Å². The first-order chi connectivity index (χ1) is 4.68. The van der Waals surface area contributed by atoms with Gasteiger partial charge in [0.2, 0.25) is 0 Å². The molecule has 0 aliphatic rings. The standard InChI is InChI=1S/2C4H10O/c1-4(2)3-5;1-2-3-4-5/h4-5H,3H2,1-2H3;5H,2-4H2,1H3. The van der Waals surface area contributed by atoms with Gasteiger partial charge in [-0.2, -0.15) is 0 Å². The smallest absolute Gasteiger partial charge is 0.0453 e. The first-order valence-electron chi connectivity index (χ1n) is 3.90. The number of rotatable bonds is 3. The summed E-state index contributed by atoms with van der Waals surface area (Å²) in [6, 6.07) is 0. The third-order valence-corrected chi connectivity index (χ3v) is 0.877. The van der Waals surface area contributed by atoms with Gasteiger partial charge in [0, 0.05) is 13.2 Å². The van der Waals surface area contributed by atoms with E-state index in [1.165, 1.54) is 0 Å². The number of hydrogen-bond donors (Lipinski definition) is 2. The first kappa shape index (κ1) is 12.6. The fourth-order valence-electron chi connectivity index (χ4n) is 0.158. The summed E-state index contributed by atoms with van der Waals surface area (Å²) in [5, 5.41) is 16.2. The minimum Gasteiger partial charge on any atom is -0.396 e. The summed E-state index contributed by atoms with van der Waals surface area (Å²) >= 11 is 0. The van der Waals surface area contributed by atoms with Crippen LogP contribution in [0.25, 0.3) is 0 Å². The maximum atomic E-state index is 8.14. The second kappa shape index (κ2) is 11.7. The Kier molecular flexibility index (Phi) is 14.7. The Morgan fingerprint density at radius 1 is 1.20 bits per heavy atom. The van der Waals surface area contributed by atoms with E-state index >= 15 is 0 Å². The number of aliphatic hydroxyl groups is 2. The molecule has 0 heterocycles. The van der Waals surface area contributed by atoms with Crippen LogP contribution in [-0.2, 0) is 0 Å². The van der Waals surface area contributed by atoms with Crippen molar-refractivity contribution in [2.45, 2.75) is 33.6 Å². The molecule has 0 saturated carbocycles. The van der Waals surface area contributed by atoms with Crippen molar-refractivity contribution >= 4 is 0 Å². The molecule has 0 aliphatic carbocycles. The van der Waals surface area contributed by atoms with Crippen LogP contribution in [0.2, 0.25) is 0 Å². The van der Waals surface area contributed by atoms with E-state index < -0.39 is 0 Å². The van der Waals surface area contributed by atoms with E-state index in [4.69, 9.17) is 10.2 Å². The van der Waals surface area contributed by atoms with E-state index in [1.807, 2.05) is 13.8 Å². The molecule has 0 radical (unpaired) electrons. The van der Waals surface area contributed by atoms with Gasteiger partial charge in [0.05, 0.1) is 0 Å². The molecule has 64 valence electrons. The molecule has 10 heavy (non-hydrogen) atoms. The fourth-order valence-corrected chi connectivity index (χ4v) is 0.158. The zero-order valence-electron chi connectivity index (χ0n) is 7.30. The number of unbranched alkanes of at least 4 members (excludes halogenated alkanes) is 1. The minimum atomic E-state index is 0.306. The molecule has 0 aliphatic heterocycles. The third-order valence-electron chi connectivity index (χ3n) is 0.877. The zero-order valence-corrected chi connectivity index (χ0v) is 7.30. The fraction of sp³-hybridized carbons (Fsp3) is 1.00. The first-order valence-corrected chi connectivity index (χ1v) is 3.90. The van der Waals surface area contributed by atoms with Crippen molar-refractivity contribution in [3.05, 3.63) is 0 Å². The van der Waals surface area contributed by atoms with Gasteiger partial charge in [-0.1, -0.05) is 27.2 Å². The molecule has 2 heteroatoms. The summed E-state index contributed by atoms with van der Waals surface area (Å²) in [7, 11) is 0. The lowest BCUT2D eigenvalue weighted by Gasteiger charge is -1.90. The second-order valence-electron chi connectivity index (χ2n) is 2.65. The maximum Gasteiger partial charge on any atom is 0.0453 e. The average Bonchev–Trinajstić information content (AvgIpc) is 1.91. The normalized spacial score (nSPS) is 9.00. The van der Waals surface area contributed by atoms with E-state index in [0.717, 1.165) is 12.8 Å². The topological polar surface area (TPSA) is 40.5 Å². The third kappa shape index (κ3) is 24.7. The van der Waals surface area contributed by atoms with Crippen molar-refractivity contribution in [3.8, 4) is 0 Å². The lowest BCUT2D eigenvalue weighted by atomic mass is 10.2. The summed E-state index contributed by atoms with van der Waals surface area (Å²) in [5.74, 6) is 0.440. The predicted octanol–water partition coefficient (Wildman–Crippen LogP) is 1.41. The van der Waals surface area contributed by atoms with Crippen molar-refractivity contribution in [1.29, 1.82) is 0 Å². The second-order valence-corrected chi connectivity index (χ2v) is 2.65. The molecule has 0 rings (SSSR count). The molecule has 2 N–H and O–H groups in total. The van der Waals surface area contributed by atoms with Gasteiger partial charge >= 0.3 is 0 Å². The van der Waals surface area contributed by atoms with Crippen LogP contribution in [-0.4, -0.2) is 23.4 Å². The molecule has 0 aromatic rings. The summed E-state index contributed by atoms with van der Waals surface area (Å²) < 4.78 is 0. The lowest BCUT2D eigenvalue weighted by Crippen LogP contribution is -1.90. The van der Waals surface area contributed by atoms with E-state index in [2.05, 4.69) is 6.92 Å². The Morgan fingerprint density at radius 2 is 1.60 bits per heavy atom. The molecule has 0 bridgehead atoms. The molecule has 0 fully saturated rings. The Morgan fingerprint density at radius 3 is 1.60 bits per heavy atom. The van der Waals surface area contributed by atoms with Gasteiger partial charge < -0.3 is 10.2 Å². The minimum absolute atomic E-state index is 0.306. The number of aliphatic hydroxyl groups excluding tert-OH is 2. The molecule has 0 unspecified atom stereocenters. The Balaban J connectivity index is 0. The summed E-state index contributed by atoms with van der Waals surface area (Å²) in [5.41, 5.74) is 0. The Labute approximate surface area is 63.9 Å². The molecule has 0 atom stereocenters. The molecular formula is C8H20O2. The van der Waals surface area contributed by atoms with Crippen LogP contribution in [0.1, 0.15) is 33.6 Å². The van der Waals surface area contributed by atoms with Crippen molar-refractivity contribution in [3.63, 3.8) is 0 Å². The van der Waals surface area contributed by atoms with Gasteiger partial charge in [-0.3, -0.25) is 0 Å². The van der Waals surface area contributed by atoms with Crippen LogP contribution in [0, 0.1) is 5.92 Å². The van der Waals surface area contributed by atoms with Crippen molar-refractivity contribution in [2.24, 2.45) is 5.92 Å². The van der Waals surface area contributed by atoms with Crippen LogP contribution >= 0.6 is 0 Å². The Hall–Kier alpha value is -0.0800. The van der Waals surface area contributed by atoms with Crippen LogP contribution in [0.4, 0.5) is 0 Å². The van der Waals surface area contributed by atoms with Crippen molar-refractivity contribution in [1.82, 2.24) is 0 Å². The van der Waals surface area contributed by atoms with Crippen LogP contribution in [0.5, 0.6) is 0 Å². The van der Waals surface area contributed by atoms with Gasteiger partial charge in [0.1, 0.15) is 0 Å². The largest absolute Gasteiger partial charge is 0.396 e. The highest BCUT2D eigenvalue weighted by Gasteiger charge is 1.81. The highest BCUT2D eigenvalue weighted by Crippen LogP contribution is 1.83. The molecule has 0 aromatic carbocycles. The van der Waals surface area contributed by atoms with Crippen LogP contribution in [0.3, 0.4) is 0 Å². The summed E-state index contributed by atoms with van der Waals surface area (Å²) in [6.45, 7) is 6.65. The van der Waals surface area contributed by atoms with Gasteiger partial charge in [-0.05, 0) is 12.3 Å². The molecule has 0 saturated heterocycles.